The first-order chi connectivity index (χ1) is 9.11. The van der Waals surface area contributed by atoms with Crippen LogP contribution in [0.1, 0.15) is 39.5 Å². The van der Waals surface area contributed by atoms with E-state index >= 15 is 0 Å². The lowest BCUT2D eigenvalue weighted by molar-refractivity contribution is 0.210. The Hall–Kier alpha value is -0.0400. The summed E-state index contributed by atoms with van der Waals surface area (Å²) in [5.41, 5.74) is 0. The number of piperidine rings is 1. The number of likely N-dealkylation sites (tertiary alicyclic amines) is 1. The van der Waals surface area contributed by atoms with Gasteiger partial charge in [-0.1, -0.05) is 13.8 Å². The molecule has 1 rings (SSSR count). The van der Waals surface area contributed by atoms with Crippen LogP contribution in [0.15, 0.2) is 4.99 Å². The maximum atomic E-state index is 4.29. The Morgan fingerprint density at radius 2 is 2.10 bits per heavy atom. The van der Waals surface area contributed by atoms with Gasteiger partial charge in [-0.2, -0.15) is 0 Å². The maximum Gasteiger partial charge on any atom is 0.190 e. The lowest BCUT2D eigenvalue weighted by Crippen LogP contribution is -2.43. The van der Waals surface area contributed by atoms with E-state index in [1.165, 1.54) is 38.8 Å². The number of hydrogen-bond donors (Lipinski definition) is 2. The van der Waals surface area contributed by atoms with Crippen LogP contribution < -0.4 is 10.6 Å². The molecule has 1 aliphatic rings. The molecule has 120 valence electrons. The fourth-order valence-electron chi connectivity index (χ4n) is 2.62. The van der Waals surface area contributed by atoms with Gasteiger partial charge in [0.05, 0.1) is 0 Å². The first-order valence-corrected chi connectivity index (χ1v) is 7.75. The summed E-state index contributed by atoms with van der Waals surface area (Å²) in [6, 6.07) is 0. The third-order valence-electron chi connectivity index (χ3n) is 3.75. The molecule has 5 heteroatoms. The van der Waals surface area contributed by atoms with E-state index in [0.29, 0.717) is 0 Å². The summed E-state index contributed by atoms with van der Waals surface area (Å²) >= 11 is 0. The zero-order chi connectivity index (χ0) is 14.1. The maximum absolute atomic E-state index is 4.29. The summed E-state index contributed by atoms with van der Waals surface area (Å²) in [4.78, 5) is 6.71. The highest BCUT2D eigenvalue weighted by atomic mass is 127. The smallest absolute Gasteiger partial charge is 0.190 e. The van der Waals surface area contributed by atoms with Crippen molar-refractivity contribution in [3.05, 3.63) is 0 Å². The molecule has 0 aromatic rings. The van der Waals surface area contributed by atoms with E-state index in [0.717, 1.165) is 30.9 Å². The van der Waals surface area contributed by atoms with Gasteiger partial charge in [0.1, 0.15) is 0 Å². The van der Waals surface area contributed by atoms with Gasteiger partial charge in [0.15, 0.2) is 5.96 Å². The first-order valence-electron chi connectivity index (χ1n) is 7.75. The molecule has 1 fully saturated rings. The third kappa shape index (κ3) is 9.00. The van der Waals surface area contributed by atoms with Crippen LogP contribution in [0.5, 0.6) is 0 Å². The molecule has 20 heavy (non-hydrogen) atoms. The highest BCUT2D eigenvalue weighted by molar-refractivity contribution is 14.0. The number of nitrogens with zero attached hydrogens (tertiary/aromatic N) is 2. The van der Waals surface area contributed by atoms with Crippen molar-refractivity contribution in [2.24, 2.45) is 16.8 Å². The van der Waals surface area contributed by atoms with E-state index in [4.69, 9.17) is 0 Å². The standard InChI is InChI=1S/C15H32N4.HI/c1-13(2)7-5-9-17-15(16-3)18-11-14-8-6-10-19(4)12-14;/h13-14H,5-12H2,1-4H3,(H2,16,17,18);1H. The number of aliphatic imine (C=N–C) groups is 1. The second kappa shape index (κ2) is 11.6. The van der Waals surface area contributed by atoms with Gasteiger partial charge in [-0.3, -0.25) is 4.99 Å². The topological polar surface area (TPSA) is 39.7 Å². The van der Waals surface area contributed by atoms with Crippen LogP contribution in [0.3, 0.4) is 0 Å². The molecule has 0 radical (unpaired) electrons. The summed E-state index contributed by atoms with van der Waals surface area (Å²) in [5.74, 6) is 2.50. The largest absolute Gasteiger partial charge is 0.356 e. The van der Waals surface area contributed by atoms with Gasteiger partial charge in [0.2, 0.25) is 0 Å². The molecule has 0 aromatic carbocycles. The molecule has 1 heterocycles. The van der Waals surface area contributed by atoms with Gasteiger partial charge in [-0.05, 0) is 51.1 Å². The Bertz CT molecular complexity index is 269. The van der Waals surface area contributed by atoms with Crippen molar-refractivity contribution in [3.63, 3.8) is 0 Å². The molecule has 0 saturated carbocycles. The zero-order valence-corrected chi connectivity index (χ0v) is 15.9. The average molecular weight is 396 g/mol. The Balaban J connectivity index is 0.00000361. The molecule has 0 spiro atoms. The lowest BCUT2D eigenvalue weighted by atomic mass is 9.99. The minimum Gasteiger partial charge on any atom is -0.356 e. The Morgan fingerprint density at radius 3 is 2.70 bits per heavy atom. The number of guanidine groups is 1. The van der Waals surface area contributed by atoms with Crippen molar-refractivity contribution in [1.29, 1.82) is 0 Å². The van der Waals surface area contributed by atoms with E-state index < -0.39 is 0 Å². The fraction of sp³-hybridized carbons (Fsp3) is 0.933. The normalized spacial score (nSPS) is 20.6. The molecule has 0 aliphatic carbocycles. The van der Waals surface area contributed by atoms with Crippen molar-refractivity contribution in [3.8, 4) is 0 Å². The SMILES string of the molecule is CN=C(NCCCC(C)C)NCC1CCCN(C)C1.I. The lowest BCUT2D eigenvalue weighted by Gasteiger charge is -2.30. The number of rotatable bonds is 6. The fourth-order valence-corrected chi connectivity index (χ4v) is 2.62. The van der Waals surface area contributed by atoms with Crippen LogP contribution in [0.2, 0.25) is 0 Å². The van der Waals surface area contributed by atoms with Crippen molar-refractivity contribution in [1.82, 2.24) is 15.5 Å². The molecule has 1 saturated heterocycles. The molecule has 4 nitrogen and oxygen atoms in total. The van der Waals surface area contributed by atoms with Gasteiger partial charge in [-0.15, -0.1) is 24.0 Å². The summed E-state index contributed by atoms with van der Waals surface area (Å²) in [6.07, 6.45) is 5.15. The number of hydrogen-bond acceptors (Lipinski definition) is 2. The summed E-state index contributed by atoms with van der Waals surface area (Å²) in [7, 11) is 4.07. The van der Waals surface area contributed by atoms with E-state index in [9.17, 15) is 0 Å². The number of halogens is 1. The van der Waals surface area contributed by atoms with Crippen molar-refractivity contribution in [2.75, 3.05) is 40.3 Å². The Morgan fingerprint density at radius 1 is 1.35 bits per heavy atom. The minimum atomic E-state index is 0. The molecule has 1 atom stereocenters. The summed E-state index contributed by atoms with van der Waals surface area (Å²) in [6.45, 7) is 9.05. The molecule has 0 aromatic heterocycles. The van der Waals surface area contributed by atoms with Gasteiger partial charge in [0.25, 0.3) is 0 Å². The molecular formula is C15H33IN4. The van der Waals surface area contributed by atoms with Crippen LogP contribution in [-0.4, -0.2) is 51.1 Å². The molecule has 2 N–H and O–H groups in total. The van der Waals surface area contributed by atoms with Crippen molar-refractivity contribution < 1.29 is 0 Å². The Labute approximate surface area is 142 Å². The van der Waals surface area contributed by atoms with Gasteiger partial charge >= 0.3 is 0 Å². The predicted molar refractivity (Wildman–Crippen MR) is 99.1 cm³/mol. The van der Waals surface area contributed by atoms with Crippen LogP contribution in [0, 0.1) is 11.8 Å². The van der Waals surface area contributed by atoms with E-state index in [1.807, 2.05) is 7.05 Å². The average Bonchev–Trinajstić information content (AvgIpc) is 2.37. The second-order valence-electron chi connectivity index (χ2n) is 6.19. The molecule has 0 amide bonds. The highest BCUT2D eigenvalue weighted by Crippen LogP contribution is 2.13. The van der Waals surface area contributed by atoms with Crippen molar-refractivity contribution in [2.45, 2.75) is 39.5 Å². The number of nitrogens with one attached hydrogen (secondary N) is 2. The van der Waals surface area contributed by atoms with E-state index in [-0.39, 0.29) is 24.0 Å². The van der Waals surface area contributed by atoms with Crippen LogP contribution in [0.25, 0.3) is 0 Å². The quantitative estimate of drug-likeness (QED) is 0.314. The van der Waals surface area contributed by atoms with Gasteiger partial charge < -0.3 is 15.5 Å². The molecular weight excluding hydrogens is 363 g/mol. The third-order valence-corrected chi connectivity index (χ3v) is 3.75. The first kappa shape index (κ1) is 20.0. The Kier molecular flexibility index (Phi) is 11.6. The zero-order valence-electron chi connectivity index (χ0n) is 13.6. The minimum absolute atomic E-state index is 0. The van der Waals surface area contributed by atoms with Crippen LogP contribution in [-0.2, 0) is 0 Å². The van der Waals surface area contributed by atoms with Gasteiger partial charge in [0, 0.05) is 26.7 Å². The predicted octanol–water partition coefficient (Wildman–Crippen LogP) is 2.55. The second-order valence-corrected chi connectivity index (χ2v) is 6.19. The molecule has 1 aliphatic heterocycles. The van der Waals surface area contributed by atoms with Crippen LogP contribution >= 0.6 is 24.0 Å². The monoisotopic (exact) mass is 396 g/mol. The van der Waals surface area contributed by atoms with Crippen molar-refractivity contribution >= 4 is 29.9 Å². The van der Waals surface area contributed by atoms with Crippen LogP contribution in [0.4, 0.5) is 0 Å². The van der Waals surface area contributed by atoms with E-state index in [2.05, 4.69) is 41.4 Å². The molecule has 1 unspecified atom stereocenters. The molecule has 0 bridgehead atoms. The van der Waals surface area contributed by atoms with Gasteiger partial charge in [-0.25, -0.2) is 0 Å². The summed E-state index contributed by atoms with van der Waals surface area (Å²) in [5, 5.41) is 6.86. The highest BCUT2D eigenvalue weighted by Gasteiger charge is 2.16. The van der Waals surface area contributed by atoms with E-state index in [1.54, 1.807) is 0 Å². The summed E-state index contributed by atoms with van der Waals surface area (Å²) < 4.78 is 0.